The first kappa shape index (κ1) is 22.0. The summed E-state index contributed by atoms with van der Waals surface area (Å²) in [6.45, 7) is 16.0. The summed E-state index contributed by atoms with van der Waals surface area (Å²) in [6.07, 6.45) is 6.72. The second-order valence-electron chi connectivity index (χ2n) is 11.0. The second kappa shape index (κ2) is 8.05. The minimum absolute atomic E-state index is 0.106. The molecule has 2 aliphatic carbocycles. The summed E-state index contributed by atoms with van der Waals surface area (Å²) in [5.74, 6) is 0.811. The van der Waals surface area contributed by atoms with Gasteiger partial charge in [-0.05, 0) is 72.0 Å². The van der Waals surface area contributed by atoms with Crippen molar-refractivity contribution in [1.29, 1.82) is 0 Å². The van der Waals surface area contributed by atoms with Crippen molar-refractivity contribution < 1.29 is 14.3 Å². The van der Waals surface area contributed by atoms with Crippen LogP contribution < -0.4 is 0 Å². The molecule has 30 heavy (non-hydrogen) atoms. The van der Waals surface area contributed by atoms with E-state index in [1.54, 1.807) is 0 Å². The Hall–Kier alpha value is -1.20. The van der Waals surface area contributed by atoms with E-state index in [1.807, 2.05) is 0 Å². The fourth-order valence-corrected chi connectivity index (χ4v) is 6.55. The van der Waals surface area contributed by atoms with Gasteiger partial charge in [0.15, 0.2) is 14.6 Å². The van der Waals surface area contributed by atoms with Crippen molar-refractivity contribution in [3.63, 3.8) is 0 Å². The number of aliphatic hydroxyl groups excluding tert-OH is 1. The minimum atomic E-state index is -1.89. The summed E-state index contributed by atoms with van der Waals surface area (Å²) >= 11 is 0. The number of aliphatic hydroxyl groups is 1. The van der Waals surface area contributed by atoms with Gasteiger partial charge < -0.3 is 14.3 Å². The molecule has 4 atom stereocenters. The van der Waals surface area contributed by atoms with Crippen LogP contribution in [0.25, 0.3) is 0 Å². The van der Waals surface area contributed by atoms with Gasteiger partial charge in [-0.25, -0.2) is 0 Å². The highest BCUT2D eigenvalue weighted by Crippen LogP contribution is 2.46. The highest BCUT2D eigenvalue weighted by molar-refractivity contribution is 6.74. The Morgan fingerprint density at radius 2 is 1.83 bits per heavy atom. The molecule has 1 heterocycles. The van der Waals surface area contributed by atoms with Crippen molar-refractivity contribution in [3.8, 4) is 0 Å². The van der Waals surface area contributed by atoms with Gasteiger partial charge in [0.25, 0.3) is 0 Å². The quantitative estimate of drug-likeness (QED) is 0.606. The molecule has 1 saturated carbocycles. The van der Waals surface area contributed by atoms with E-state index in [4.69, 9.17) is 9.16 Å². The van der Waals surface area contributed by atoms with E-state index in [0.717, 1.165) is 25.7 Å². The standard InChI is InChI=1S/C26H38O3Si/c1-17-13-24-22(16-25(27)28-24)21(17)11-12-23(29-30(5,6)26(2,3)4)20-14-18-9-7-8-10-19(18)15-20/h7-11,20,22-25,27H,1,12-16H2,2-6H3/b21-11-. The Bertz CT molecular complexity index is 810. The number of fused-ring (bicyclic) bond motifs is 2. The van der Waals surface area contributed by atoms with E-state index >= 15 is 0 Å². The minimum Gasteiger partial charge on any atom is -0.413 e. The van der Waals surface area contributed by atoms with Crippen molar-refractivity contribution in [3.05, 3.63) is 59.2 Å². The predicted octanol–water partition coefficient (Wildman–Crippen LogP) is 5.79. The molecule has 1 saturated heterocycles. The molecule has 4 heteroatoms. The van der Waals surface area contributed by atoms with E-state index in [2.05, 4.69) is 70.8 Å². The van der Waals surface area contributed by atoms with E-state index in [-0.39, 0.29) is 17.2 Å². The maximum atomic E-state index is 9.93. The zero-order valence-corrected chi connectivity index (χ0v) is 20.3. The van der Waals surface area contributed by atoms with E-state index in [0.29, 0.717) is 18.3 Å². The van der Waals surface area contributed by atoms with Crippen LogP contribution in [0.4, 0.5) is 0 Å². The lowest BCUT2D eigenvalue weighted by atomic mass is 9.92. The smallest absolute Gasteiger partial charge is 0.192 e. The Kier molecular flexibility index (Phi) is 5.90. The van der Waals surface area contributed by atoms with Crippen LogP contribution in [0.1, 0.15) is 51.2 Å². The normalized spacial score (nSPS) is 29.5. The second-order valence-corrected chi connectivity index (χ2v) is 15.8. The third-order valence-corrected chi connectivity index (χ3v) is 12.4. The molecule has 2 fully saturated rings. The first-order chi connectivity index (χ1) is 14.0. The zero-order valence-electron chi connectivity index (χ0n) is 19.3. The third kappa shape index (κ3) is 4.25. The van der Waals surface area contributed by atoms with Crippen LogP contribution in [-0.2, 0) is 22.0 Å². The molecular formula is C26H38O3Si. The van der Waals surface area contributed by atoms with Crippen LogP contribution in [0.2, 0.25) is 18.1 Å². The van der Waals surface area contributed by atoms with E-state index < -0.39 is 14.6 Å². The molecule has 0 spiro atoms. The molecular weight excluding hydrogens is 388 g/mol. The number of benzene rings is 1. The van der Waals surface area contributed by atoms with Crippen molar-refractivity contribution in [2.45, 2.75) is 89.5 Å². The number of rotatable bonds is 5. The first-order valence-electron chi connectivity index (χ1n) is 11.5. The van der Waals surface area contributed by atoms with Gasteiger partial charge in [-0.3, -0.25) is 0 Å². The molecule has 1 aliphatic heterocycles. The van der Waals surface area contributed by atoms with Crippen molar-refractivity contribution in [2.75, 3.05) is 0 Å². The summed E-state index contributed by atoms with van der Waals surface area (Å²) in [4.78, 5) is 0. The lowest BCUT2D eigenvalue weighted by Gasteiger charge is -2.41. The molecule has 0 radical (unpaired) electrons. The SMILES string of the molecule is C=C1CC2OC(O)CC2/C1=C\CC(O[Si](C)(C)C(C)(C)C)C1Cc2ccccc2C1. The van der Waals surface area contributed by atoms with Crippen LogP contribution in [-0.4, -0.2) is 31.9 Å². The molecule has 1 N–H and O–H groups in total. The highest BCUT2D eigenvalue weighted by atomic mass is 28.4. The summed E-state index contributed by atoms with van der Waals surface area (Å²) in [5.41, 5.74) is 5.45. The molecule has 1 aromatic rings. The summed E-state index contributed by atoms with van der Waals surface area (Å²) < 4.78 is 12.7. The maximum Gasteiger partial charge on any atom is 0.192 e. The Morgan fingerprint density at radius 1 is 1.20 bits per heavy atom. The van der Waals surface area contributed by atoms with E-state index in [1.165, 1.54) is 22.3 Å². The summed E-state index contributed by atoms with van der Waals surface area (Å²) in [5, 5.41) is 10.1. The molecule has 164 valence electrons. The van der Waals surface area contributed by atoms with Crippen LogP contribution >= 0.6 is 0 Å². The Morgan fingerprint density at radius 3 is 2.43 bits per heavy atom. The third-order valence-electron chi connectivity index (χ3n) is 7.92. The predicted molar refractivity (Wildman–Crippen MR) is 125 cm³/mol. The molecule has 0 amide bonds. The lowest BCUT2D eigenvalue weighted by Crippen LogP contribution is -2.46. The highest BCUT2D eigenvalue weighted by Gasteiger charge is 2.44. The van der Waals surface area contributed by atoms with Crippen LogP contribution in [0.3, 0.4) is 0 Å². The van der Waals surface area contributed by atoms with Crippen LogP contribution in [0.15, 0.2) is 48.1 Å². The lowest BCUT2D eigenvalue weighted by molar-refractivity contribution is -0.0891. The average molecular weight is 427 g/mol. The Balaban J connectivity index is 1.56. The van der Waals surface area contributed by atoms with Gasteiger partial charge in [-0.1, -0.05) is 57.7 Å². The van der Waals surface area contributed by atoms with E-state index in [9.17, 15) is 5.11 Å². The molecule has 1 aromatic carbocycles. The molecule has 0 aromatic heterocycles. The number of hydrogen-bond donors (Lipinski definition) is 1. The van der Waals surface area contributed by atoms with Gasteiger partial charge in [0, 0.05) is 12.3 Å². The molecule has 3 nitrogen and oxygen atoms in total. The van der Waals surface area contributed by atoms with Gasteiger partial charge >= 0.3 is 0 Å². The van der Waals surface area contributed by atoms with Gasteiger partial charge in [0.1, 0.15) is 0 Å². The summed E-state index contributed by atoms with van der Waals surface area (Å²) in [6, 6.07) is 8.86. The fraction of sp³-hybridized carbons (Fsp3) is 0.615. The van der Waals surface area contributed by atoms with Crippen molar-refractivity contribution in [1.82, 2.24) is 0 Å². The van der Waals surface area contributed by atoms with Crippen molar-refractivity contribution >= 4 is 8.32 Å². The van der Waals surface area contributed by atoms with Crippen molar-refractivity contribution in [2.24, 2.45) is 11.8 Å². The topological polar surface area (TPSA) is 38.7 Å². The monoisotopic (exact) mass is 426 g/mol. The van der Waals surface area contributed by atoms with Gasteiger partial charge in [-0.2, -0.15) is 0 Å². The molecule has 4 rings (SSSR count). The fourth-order valence-electron chi connectivity index (χ4n) is 5.15. The zero-order chi connectivity index (χ0) is 21.7. The summed E-state index contributed by atoms with van der Waals surface area (Å²) in [7, 11) is -1.89. The number of ether oxygens (including phenoxy) is 1. The van der Waals surface area contributed by atoms with Gasteiger partial charge in [-0.15, -0.1) is 0 Å². The molecule has 0 bridgehead atoms. The molecule has 3 aliphatic rings. The van der Waals surface area contributed by atoms with Crippen LogP contribution in [0, 0.1) is 11.8 Å². The molecule has 4 unspecified atom stereocenters. The van der Waals surface area contributed by atoms with Crippen LogP contribution in [0.5, 0.6) is 0 Å². The van der Waals surface area contributed by atoms with Gasteiger partial charge in [0.05, 0.1) is 12.2 Å². The number of hydrogen-bond acceptors (Lipinski definition) is 3. The maximum absolute atomic E-state index is 9.93. The first-order valence-corrected chi connectivity index (χ1v) is 14.4. The largest absolute Gasteiger partial charge is 0.413 e. The average Bonchev–Trinajstić information content (AvgIpc) is 3.30. The Labute approximate surface area is 183 Å². The van der Waals surface area contributed by atoms with Gasteiger partial charge in [0.2, 0.25) is 0 Å².